The predicted molar refractivity (Wildman–Crippen MR) is 143 cm³/mol. The lowest BCUT2D eigenvalue weighted by Crippen LogP contribution is -2.36. The first-order chi connectivity index (χ1) is 17.0. The molecule has 35 heavy (non-hydrogen) atoms. The zero-order valence-corrected chi connectivity index (χ0v) is 22.8. The van der Waals surface area contributed by atoms with Gasteiger partial charge in [0.15, 0.2) is 0 Å². The molecule has 1 aromatic rings. The zero-order chi connectivity index (χ0) is 25.4. The Hall–Kier alpha value is -1.69. The van der Waals surface area contributed by atoms with Crippen LogP contribution in [0.2, 0.25) is 0 Å². The molecule has 0 radical (unpaired) electrons. The van der Waals surface area contributed by atoms with E-state index in [4.69, 9.17) is 0 Å². The first-order valence-electron chi connectivity index (χ1n) is 14.2. The van der Waals surface area contributed by atoms with Crippen LogP contribution in [0, 0.1) is 0 Å². The van der Waals surface area contributed by atoms with Crippen molar-refractivity contribution in [2.24, 2.45) is 0 Å². The normalized spacial score (nSPS) is 14.4. The molecule has 2 amide bonds. The smallest absolute Gasteiger partial charge is 0.273 e. The number of benzene rings is 1. The minimum atomic E-state index is -4.04. The van der Waals surface area contributed by atoms with E-state index in [1.807, 2.05) is 0 Å². The first-order valence-corrected chi connectivity index (χ1v) is 15.7. The molecule has 0 aliphatic carbocycles. The lowest BCUT2D eigenvalue weighted by molar-refractivity contribution is -0.124. The Morgan fingerprint density at radius 2 is 1.06 bits per heavy atom. The highest BCUT2D eigenvalue weighted by Crippen LogP contribution is 2.30. The van der Waals surface area contributed by atoms with Crippen LogP contribution in [-0.2, 0) is 14.8 Å². The number of hydrogen-bond acceptors (Lipinski definition) is 4. The maximum absolute atomic E-state index is 12.5. The number of hydrogen-bond donors (Lipinski definition) is 0. The summed E-state index contributed by atoms with van der Waals surface area (Å²) in [6.45, 7) is 2.27. The monoisotopic (exact) mass is 505 g/mol. The summed E-state index contributed by atoms with van der Waals surface area (Å²) in [5, 5.41) is 0. The van der Waals surface area contributed by atoms with Crippen molar-refractivity contribution in [2.45, 2.75) is 140 Å². The van der Waals surface area contributed by atoms with Crippen molar-refractivity contribution in [2.75, 3.05) is 0 Å². The highest BCUT2D eigenvalue weighted by atomic mass is 32.2. The molecule has 5 nitrogen and oxygen atoms in total. The predicted octanol–water partition coefficient (Wildman–Crippen LogP) is 8.18. The number of unbranched alkanes of at least 4 members (excludes halogenated alkanes) is 18. The number of carbonyl (C=O) groups is 2. The second kappa shape index (κ2) is 16.9. The van der Waals surface area contributed by atoms with Crippen LogP contribution in [0.4, 0.5) is 0 Å². The molecule has 0 unspecified atom stereocenters. The maximum Gasteiger partial charge on any atom is 0.276 e. The fourth-order valence-electron chi connectivity index (χ4n) is 4.89. The van der Waals surface area contributed by atoms with Gasteiger partial charge >= 0.3 is 0 Å². The van der Waals surface area contributed by atoms with E-state index in [2.05, 4.69) is 6.92 Å². The summed E-state index contributed by atoms with van der Waals surface area (Å²) in [5.41, 5.74) is 0.0917. The summed E-state index contributed by atoms with van der Waals surface area (Å²) in [7, 11) is -4.04. The molecule has 1 aliphatic heterocycles. The second-order valence-electron chi connectivity index (χ2n) is 10.1. The molecule has 0 fully saturated rings. The summed E-state index contributed by atoms with van der Waals surface area (Å²) in [5.74, 6) is -1.33. The highest BCUT2D eigenvalue weighted by Gasteiger charge is 2.44. The number of nitrogens with zero attached hydrogens (tertiary/aromatic N) is 1. The Labute approximate surface area is 214 Å². The third kappa shape index (κ3) is 10.1. The minimum absolute atomic E-state index is 0.0634. The molecule has 0 spiro atoms. The molecule has 0 saturated carbocycles. The number of amides is 2. The molecule has 1 heterocycles. The quantitative estimate of drug-likeness (QED) is 0.167. The Balaban J connectivity index is 1.39. The Morgan fingerprint density at radius 1 is 0.657 bits per heavy atom. The topological polar surface area (TPSA) is 71.5 Å². The van der Waals surface area contributed by atoms with E-state index in [1.54, 1.807) is 12.1 Å². The summed E-state index contributed by atoms with van der Waals surface area (Å²) in [6.07, 6.45) is 24.3. The van der Waals surface area contributed by atoms with Crippen molar-refractivity contribution in [3.05, 3.63) is 29.8 Å². The molecule has 1 aliphatic rings. The van der Waals surface area contributed by atoms with E-state index >= 15 is 0 Å². The lowest BCUT2D eigenvalue weighted by Gasteiger charge is -2.12. The standard InChI is InChI=1S/C29H47NO4S/c1-2-3-4-5-6-7-8-9-10-11-12-13-14-15-16-17-18-19-20-25-28(31)30-29(32)26-23-21-22-24-27(26)35(30,33)34/h21-24H,2-20,25H2,1H3. The molecule has 0 N–H and O–H groups in total. The molecule has 0 atom stereocenters. The number of fused-ring (bicyclic) bond motifs is 1. The van der Waals surface area contributed by atoms with Crippen LogP contribution in [0.25, 0.3) is 0 Å². The summed E-state index contributed by atoms with van der Waals surface area (Å²) in [4.78, 5) is 24.8. The van der Waals surface area contributed by atoms with Crippen LogP contribution in [-0.4, -0.2) is 24.5 Å². The van der Waals surface area contributed by atoms with Crippen molar-refractivity contribution >= 4 is 21.8 Å². The van der Waals surface area contributed by atoms with Crippen molar-refractivity contribution in [1.82, 2.24) is 4.31 Å². The van der Waals surface area contributed by atoms with Crippen LogP contribution >= 0.6 is 0 Å². The van der Waals surface area contributed by atoms with Gasteiger partial charge in [-0.05, 0) is 18.6 Å². The molecular weight excluding hydrogens is 458 g/mol. The van der Waals surface area contributed by atoms with Gasteiger partial charge in [-0.25, -0.2) is 8.42 Å². The van der Waals surface area contributed by atoms with Gasteiger partial charge in [0.05, 0.1) is 5.56 Å². The largest absolute Gasteiger partial charge is 0.276 e. The average Bonchev–Trinajstić information content (AvgIpc) is 3.05. The van der Waals surface area contributed by atoms with Gasteiger partial charge in [0.25, 0.3) is 15.9 Å². The third-order valence-electron chi connectivity index (χ3n) is 7.04. The van der Waals surface area contributed by atoms with Crippen LogP contribution in [0.5, 0.6) is 0 Å². The highest BCUT2D eigenvalue weighted by molar-refractivity contribution is 7.90. The van der Waals surface area contributed by atoms with Gasteiger partial charge in [-0.2, -0.15) is 4.31 Å². The molecule has 0 bridgehead atoms. The van der Waals surface area contributed by atoms with Gasteiger partial charge in [-0.1, -0.05) is 135 Å². The molecular formula is C29H47NO4S. The van der Waals surface area contributed by atoms with E-state index in [-0.39, 0.29) is 16.9 Å². The average molecular weight is 506 g/mol. The fraction of sp³-hybridized carbons (Fsp3) is 0.724. The maximum atomic E-state index is 12.5. The van der Waals surface area contributed by atoms with Gasteiger partial charge in [0, 0.05) is 6.42 Å². The SMILES string of the molecule is CCCCCCCCCCCCCCCCCCCCCC(=O)N1C(=O)c2ccccc2S1(=O)=O. The first kappa shape index (κ1) is 29.5. The van der Waals surface area contributed by atoms with Gasteiger partial charge in [-0.3, -0.25) is 9.59 Å². The summed E-state index contributed by atoms with van der Waals surface area (Å²) < 4.78 is 25.5. The Kier molecular flexibility index (Phi) is 14.3. The van der Waals surface area contributed by atoms with Gasteiger partial charge < -0.3 is 0 Å². The van der Waals surface area contributed by atoms with Gasteiger partial charge in [0.1, 0.15) is 4.90 Å². The molecule has 0 aromatic heterocycles. The third-order valence-corrected chi connectivity index (χ3v) is 8.80. The van der Waals surface area contributed by atoms with E-state index in [0.717, 1.165) is 19.3 Å². The van der Waals surface area contributed by atoms with Gasteiger partial charge in [-0.15, -0.1) is 0 Å². The van der Waals surface area contributed by atoms with Crippen LogP contribution in [0.3, 0.4) is 0 Å². The lowest BCUT2D eigenvalue weighted by atomic mass is 10.0. The molecule has 6 heteroatoms. The minimum Gasteiger partial charge on any atom is -0.273 e. The van der Waals surface area contributed by atoms with E-state index in [9.17, 15) is 18.0 Å². The van der Waals surface area contributed by atoms with Crippen molar-refractivity contribution in [3.63, 3.8) is 0 Å². The van der Waals surface area contributed by atoms with Crippen molar-refractivity contribution < 1.29 is 18.0 Å². The summed E-state index contributed by atoms with van der Waals surface area (Å²) in [6, 6.07) is 6.01. The molecule has 0 saturated heterocycles. The second-order valence-corrected chi connectivity index (χ2v) is 11.8. The van der Waals surface area contributed by atoms with Crippen LogP contribution in [0.1, 0.15) is 146 Å². The summed E-state index contributed by atoms with van der Waals surface area (Å²) >= 11 is 0. The number of imide groups is 1. The van der Waals surface area contributed by atoms with Crippen molar-refractivity contribution in [3.8, 4) is 0 Å². The van der Waals surface area contributed by atoms with Gasteiger partial charge in [0.2, 0.25) is 5.91 Å². The van der Waals surface area contributed by atoms with Crippen LogP contribution < -0.4 is 0 Å². The van der Waals surface area contributed by atoms with E-state index in [1.165, 1.54) is 108 Å². The molecule has 198 valence electrons. The fourth-order valence-corrected chi connectivity index (χ4v) is 6.45. The van der Waals surface area contributed by atoms with E-state index in [0.29, 0.717) is 10.7 Å². The molecule has 1 aromatic carbocycles. The molecule has 2 rings (SSSR count). The Morgan fingerprint density at radius 3 is 1.49 bits per heavy atom. The number of rotatable bonds is 20. The van der Waals surface area contributed by atoms with Crippen LogP contribution in [0.15, 0.2) is 29.2 Å². The number of sulfonamides is 1. The van der Waals surface area contributed by atoms with E-state index < -0.39 is 21.8 Å². The Bertz CT molecular complexity index is 865. The number of carbonyl (C=O) groups excluding carboxylic acids is 2. The zero-order valence-electron chi connectivity index (χ0n) is 21.9. The van der Waals surface area contributed by atoms with Crippen molar-refractivity contribution in [1.29, 1.82) is 0 Å².